The van der Waals surface area contributed by atoms with E-state index in [-0.39, 0.29) is 5.78 Å². The first kappa shape index (κ1) is 18.2. The minimum Gasteiger partial charge on any atom is -0.423 e. The molecule has 0 aliphatic heterocycles. The van der Waals surface area contributed by atoms with Crippen molar-refractivity contribution in [2.24, 2.45) is 0 Å². The molecule has 0 bridgehead atoms. The third-order valence-electron chi connectivity index (χ3n) is 4.18. The molecule has 26 heavy (non-hydrogen) atoms. The molecule has 132 valence electrons. The number of rotatable bonds is 4. The summed E-state index contributed by atoms with van der Waals surface area (Å²) in [5.41, 5.74) is 2.68. The molecule has 0 spiro atoms. The molecule has 0 N–H and O–H groups in total. The van der Waals surface area contributed by atoms with Gasteiger partial charge in [-0.15, -0.1) is 0 Å². The summed E-state index contributed by atoms with van der Waals surface area (Å²) in [5, 5.41) is 0.648. The van der Waals surface area contributed by atoms with E-state index in [1.54, 1.807) is 30.3 Å². The van der Waals surface area contributed by atoms with Gasteiger partial charge in [-0.05, 0) is 72.4 Å². The highest BCUT2D eigenvalue weighted by molar-refractivity contribution is 6.30. The number of carbonyl (C=O) groups excluding carboxylic acids is 2. The van der Waals surface area contributed by atoms with Gasteiger partial charge in [-0.1, -0.05) is 35.9 Å². The molecule has 0 radical (unpaired) electrons. The number of carbonyl (C=O) groups is 2. The van der Waals surface area contributed by atoms with Crippen LogP contribution in [0.3, 0.4) is 0 Å². The van der Waals surface area contributed by atoms with Gasteiger partial charge in [-0.25, -0.2) is 4.79 Å². The Labute approximate surface area is 157 Å². The van der Waals surface area contributed by atoms with Crippen LogP contribution in [0.4, 0.5) is 0 Å². The first-order chi connectivity index (χ1) is 12.6. The minimum atomic E-state index is -0.450. The number of ketones is 1. The number of esters is 1. The predicted octanol–water partition coefficient (Wildman–Crippen LogP) is 5.49. The van der Waals surface area contributed by atoms with Gasteiger partial charge < -0.3 is 4.74 Å². The fraction of sp³-hybridized carbons (Fsp3) is 0.182. The Hall–Kier alpha value is -2.65. The maximum atomic E-state index is 11.9. The predicted molar refractivity (Wildman–Crippen MR) is 104 cm³/mol. The Morgan fingerprint density at radius 3 is 2.27 bits per heavy atom. The van der Waals surface area contributed by atoms with E-state index in [4.69, 9.17) is 16.3 Å². The van der Waals surface area contributed by atoms with E-state index in [0.29, 0.717) is 17.2 Å². The molecule has 1 saturated carbocycles. The molecule has 3 rings (SSSR count). The second kappa shape index (κ2) is 8.63. The Balaban J connectivity index is 1.60. The standard InChI is InChI=1S/C22H19ClO3/c23-19-10-5-16(6-11-19)9-14-22(25)26-20-12-7-17(8-13-20)15-18-3-1-2-4-21(18)24/h5-15H,1-4H2/b14-9+,18-15+. The molecule has 0 unspecified atom stereocenters. The lowest BCUT2D eigenvalue weighted by Crippen LogP contribution is -2.08. The monoisotopic (exact) mass is 366 g/mol. The molecule has 2 aromatic rings. The zero-order chi connectivity index (χ0) is 18.4. The van der Waals surface area contributed by atoms with Gasteiger partial charge in [0.15, 0.2) is 5.78 Å². The number of benzene rings is 2. The van der Waals surface area contributed by atoms with Crippen LogP contribution in [0.2, 0.25) is 5.02 Å². The fourth-order valence-electron chi connectivity index (χ4n) is 2.78. The van der Waals surface area contributed by atoms with Crippen LogP contribution in [0, 0.1) is 0 Å². The van der Waals surface area contributed by atoms with Crippen molar-refractivity contribution < 1.29 is 14.3 Å². The van der Waals surface area contributed by atoms with Crippen molar-refractivity contribution >= 4 is 35.5 Å². The lowest BCUT2D eigenvalue weighted by atomic mass is 9.92. The number of hydrogen-bond donors (Lipinski definition) is 0. The van der Waals surface area contributed by atoms with Crippen molar-refractivity contribution in [1.82, 2.24) is 0 Å². The summed E-state index contributed by atoms with van der Waals surface area (Å²) >= 11 is 5.83. The van der Waals surface area contributed by atoms with Crippen LogP contribution in [0.5, 0.6) is 5.75 Å². The number of halogens is 1. The lowest BCUT2D eigenvalue weighted by molar-refractivity contribution is -0.128. The van der Waals surface area contributed by atoms with Crippen LogP contribution in [0.1, 0.15) is 36.8 Å². The number of Topliss-reactive ketones (excluding diaryl/α,β-unsaturated/α-hetero) is 1. The number of allylic oxidation sites excluding steroid dienone is 1. The second-order valence-electron chi connectivity index (χ2n) is 6.17. The van der Waals surface area contributed by atoms with E-state index in [1.165, 1.54) is 6.08 Å². The normalized spacial score (nSPS) is 16.2. The van der Waals surface area contributed by atoms with Gasteiger partial charge in [-0.3, -0.25) is 4.79 Å². The average Bonchev–Trinajstić information content (AvgIpc) is 2.65. The average molecular weight is 367 g/mol. The van der Waals surface area contributed by atoms with Crippen molar-refractivity contribution in [3.8, 4) is 5.75 Å². The van der Waals surface area contributed by atoms with Crippen LogP contribution < -0.4 is 4.74 Å². The van der Waals surface area contributed by atoms with Gasteiger partial charge in [0.2, 0.25) is 0 Å². The van der Waals surface area contributed by atoms with Crippen LogP contribution in [-0.4, -0.2) is 11.8 Å². The highest BCUT2D eigenvalue weighted by atomic mass is 35.5. The van der Waals surface area contributed by atoms with E-state index in [0.717, 1.165) is 36.0 Å². The zero-order valence-electron chi connectivity index (χ0n) is 14.3. The molecule has 0 atom stereocenters. The van der Waals surface area contributed by atoms with Crippen molar-refractivity contribution in [2.75, 3.05) is 0 Å². The van der Waals surface area contributed by atoms with Gasteiger partial charge in [0.05, 0.1) is 0 Å². The molecule has 4 heteroatoms. The van der Waals surface area contributed by atoms with Crippen LogP contribution in [0.15, 0.2) is 60.2 Å². The van der Waals surface area contributed by atoms with Crippen molar-refractivity contribution in [2.45, 2.75) is 25.7 Å². The van der Waals surface area contributed by atoms with Crippen LogP contribution in [0.25, 0.3) is 12.2 Å². The Morgan fingerprint density at radius 2 is 1.58 bits per heavy atom. The third-order valence-corrected chi connectivity index (χ3v) is 4.43. The molecule has 0 heterocycles. The summed E-state index contributed by atoms with van der Waals surface area (Å²) in [7, 11) is 0. The van der Waals surface area contributed by atoms with Crippen LogP contribution in [-0.2, 0) is 9.59 Å². The van der Waals surface area contributed by atoms with E-state index in [1.807, 2.05) is 30.3 Å². The smallest absolute Gasteiger partial charge is 0.336 e. The summed E-state index contributed by atoms with van der Waals surface area (Å²) in [6.07, 6.45) is 8.49. The number of hydrogen-bond acceptors (Lipinski definition) is 3. The van der Waals surface area contributed by atoms with Gasteiger partial charge in [0.1, 0.15) is 5.75 Å². The largest absolute Gasteiger partial charge is 0.423 e. The maximum Gasteiger partial charge on any atom is 0.336 e. The first-order valence-electron chi connectivity index (χ1n) is 8.59. The highest BCUT2D eigenvalue weighted by Gasteiger charge is 2.14. The minimum absolute atomic E-state index is 0.235. The molecular weight excluding hydrogens is 348 g/mol. The first-order valence-corrected chi connectivity index (χ1v) is 8.97. The fourth-order valence-corrected chi connectivity index (χ4v) is 2.90. The van der Waals surface area contributed by atoms with E-state index >= 15 is 0 Å². The molecular formula is C22H19ClO3. The summed E-state index contributed by atoms with van der Waals surface area (Å²) in [6.45, 7) is 0. The quantitative estimate of drug-likeness (QED) is 0.408. The Kier molecular flexibility index (Phi) is 6.03. The molecule has 0 aromatic heterocycles. The second-order valence-corrected chi connectivity index (χ2v) is 6.61. The van der Waals surface area contributed by atoms with E-state index < -0.39 is 5.97 Å². The molecule has 2 aromatic carbocycles. The summed E-state index contributed by atoms with van der Waals surface area (Å²) < 4.78 is 5.29. The highest BCUT2D eigenvalue weighted by Crippen LogP contribution is 2.23. The van der Waals surface area contributed by atoms with Gasteiger partial charge in [0.25, 0.3) is 0 Å². The van der Waals surface area contributed by atoms with Gasteiger partial charge in [0, 0.05) is 17.5 Å². The van der Waals surface area contributed by atoms with E-state index in [9.17, 15) is 9.59 Å². The molecule has 1 aliphatic carbocycles. The van der Waals surface area contributed by atoms with Crippen molar-refractivity contribution in [1.29, 1.82) is 0 Å². The topological polar surface area (TPSA) is 43.4 Å². The summed E-state index contributed by atoms with van der Waals surface area (Å²) in [4.78, 5) is 23.8. The zero-order valence-corrected chi connectivity index (χ0v) is 15.0. The van der Waals surface area contributed by atoms with Crippen LogP contribution >= 0.6 is 11.6 Å². The SMILES string of the molecule is O=C(/C=C/c1ccc(Cl)cc1)Oc1ccc(/C=C2\CCCCC2=O)cc1. The molecule has 0 saturated heterocycles. The number of ether oxygens (including phenoxy) is 1. The van der Waals surface area contributed by atoms with Gasteiger partial charge in [-0.2, -0.15) is 0 Å². The molecule has 3 nitrogen and oxygen atoms in total. The van der Waals surface area contributed by atoms with Gasteiger partial charge >= 0.3 is 5.97 Å². The Bertz CT molecular complexity index is 846. The maximum absolute atomic E-state index is 11.9. The van der Waals surface area contributed by atoms with E-state index in [2.05, 4.69) is 0 Å². The molecule has 1 fully saturated rings. The Morgan fingerprint density at radius 1 is 0.923 bits per heavy atom. The molecule has 0 amide bonds. The lowest BCUT2D eigenvalue weighted by Gasteiger charge is -2.12. The summed E-state index contributed by atoms with van der Waals surface area (Å²) in [5.74, 6) is 0.250. The van der Waals surface area contributed by atoms with Crippen molar-refractivity contribution in [3.05, 3.63) is 76.3 Å². The third kappa shape index (κ3) is 5.17. The van der Waals surface area contributed by atoms with Crippen molar-refractivity contribution in [3.63, 3.8) is 0 Å². The summed E-state index contributed by atoms with van der Waals surface area (Å²) in [6, 6.07) is 14.3. The molecule has 1 aliphatic rings.